The summed E-state index contributed by atoms with van der Waals surface area (Å²) < 4.78 is 10.8. The highest BCUT2D eigenvalue weighted by Crippen LogP contribution is 2.28. The van der Waals surface area contributed by atoms with Gasteiger partial charge in [0.2, 0.25) is 11.8 Å². The molecule has 0 aliphatic rings. The van der Waals surface area contributed by atoms with Crippen molar-refractivity contribution in [3.63, 3.8) is 0 Å². The Morgan fingerprint density at radius 3 is 2.36 bits per heavy atom. The molecular formula is C21H23N3O3S. The Morgan fingerprint density at radius 1 is 1.11 bits per heavy atom. The number of thioether (sulfide) groups is 1. The van der Waals surface area contributed by atoms with E-state index in [4.69, 9.17) is 9.15 Å². The number of aryl methyl sites for hydroxylation is 3. The normalized spacial score (nSPS) is 11.9. The van der Waals surface area contributed by atoms with Gasteiger partial charge in [0.1, 0.15) is 5.75 Å². The summed E-state index contributed by atoms with van der Waals surface area (Å²) in [7, 11) is 1.61. The van der Waals surface area contributed by atoms with Crippen LogP contribution in [0.2, 0.25) is 0 Å². The maximum Gasteiger partial charge on any atom is 0.277 e. The molecule has 3 aromatic rings. The first-order chi connectivity index (χ1) is 13.4. The number of nitrogens with one attached hydrogen (secondary N) is 1. The van der Waals surface area contributed by atoms with E-state index in [0.717, 1.165) is 28.1 Å². The largest absolute Gasteiger partial charge is 0.497 e. The number of hydrogen-bond acceptors (Lipinski definition) is 6. The third kappa shape index (κ3) is 4.54. The van der Waals surface area contributed by atoms with Crippen LogP contribution in [0.25, 0.3) is 11.5 Å². The van der Waals surface area contributed by atoms with E-state index in [2.05, 4.69) is 27.6 Å². The smallest absolute Gasteiger partial charge is 0.277 e. The first kappa shape index (κ1) is 19.9. The molecule has 7 heteroatoms. The van der Waals surface area contributed by atoms with Crippen LogP contribution in [0.3, 0.4) is 0 Å². The Kier molecular flexibility index (Phi) is 6.04. The number of amides is 1. The highest BCUT2D eigenvalue weighted by atomic mass is 32.2. The molecule has 0 aliphatic heterocycles. The second kappa shape index (κ2) is 8.48. The molecule has 1 amide bonds. The number of methoxy groups -OCH3 is 1. The van der Waals surface area contributed by atoms with E-state index in [-0.39, 0.29) is 11.2 Å². The lowest BCUT2D eigenvalue weighted by Gasteiger charge is -2.15. The summed E-state index contributed by atoms with van der Waals surface area (Å²) in [5.41, 5.74) is 4.91. The van der Waals surface area contributed by atoms with Crippen molar-refractivity contribution in [3.8, 4) is 17.2 Å². The number of aromatic nitrogens is 2. The molecule has 1 heterocycles. The van der Waals surface area contributed by atoms with Crippen molar-refractivity contribution in [2.75, 3.05) is 12.4 Å². The van der Waals surface area contributed by atoms with E-state index >= 15 is 0 Å². The number of ether oxygens (including phenoxy) is 1. The van der Waals surface area contributed by atoms with Crippen LogP contribution >= 0.6 is 11.8 Å². The van der Waals surface area contributed by atoms with Crippen LogP contribution in [0.5, 0.6) is 5.75 Å². The van der Waals surface area contributed by atoms with Crippen molar-refractivity contribution < 1.29 is 13.9 Å². The molecule has 0 saturated heterocycles. The van der Waals surface area contributed by atoms with Crippen molar-refractivity contribution in [2.24, 2.45) is 0 Å². The van der Waals surface area contributed by atoms with Crippen LogP contribution in [0, 0.1) is 20.8 Å². The second-order valence-corrected chi connectivity index (χ2v) is 7.92. The van der Waals surface area contributed by atoms with Crippen molar-refractivity contribution in [1.82, 2.24) is 10.2 Å². The van der Waals surface area contributed by atoms with E-state index in [1.165, 1.54) is 17.3 Å². The fraction of sp³-hybridized carbons (Fsp3) is 0.286. The number of rotatable bonds is 6. The van der Waals surface area contributed by atoms with E-state index in [0.29, 0.717) is 11.1 Å². The third-order valence-corrected chi connectivity index (χ3v) is 5.25. The lowest BCUT2D eigenvalue weighted by Crippen LogP contribution is -2.23. The molecular weight excluding hydrogens is 374 g/mol. The standard InChI is InChI=1S/C21H23N3O3S/c1-12-10-13(2)18(14(3)11-12)22-19(25)15(4)28-21-24-23-20(27-21)16-6-8-17(26-5)9-7-16/h6-11,15H,1-5H3,(H,22,25). The molecule has 0 bridgehead atoms. The Hall–Kier alpha value is -2.80. The molecule has 3 rings (SSSR count). The fourth-order valence-electron chi connectivity index (χ4n) is 2.91. The Balaban J connectivity index is 1.67. The van der Waals surface area contributed by atoms with Crippen LogP contribution in [0.1, 0.15) is 23.6 Å². The predicted octanol–water partition coefficient (Wildman–Crippen LogP) is 4.79. The van der Waals surface area contributed by atoms with Gasteiger partial charge in [-0.05, 0) is 63.1 Å². The molecule has 0 saturated carbocycles. The second-order valence-electron chi connectivity index (χ2n) is 6.62. The van der Waals surface area contributed by atoms with Crippen molar-refractivity contribution >= 4 is 23.4 Å². The topological polar surface area (TPSA) is 77.2 Å². The minimum absolute atomic E-state index is 0.107. The lowest BCUT2D eigenvalue weighted by molar-refractivity contribution is -0.115. The van der Waals surface area contributed by atoms with Gasteiger partial charge in [0.15, 0.2) is 0 Å². The zero-order chi connectivity index (χ0) is 20.3. The molecule has 0 fully saturated rings. The van der Waals surface area contributed by atoms with Gasteiger partial charge in [-0.1, -0.05) is 29.5 Å². The monoisotopic (exact) mass is 397 g/mol. The quantitative estimate of drug-likeness (QED) is 0.603. The third-order valence-electron chi connectivity index (χ3n) is 4.32. The summed E-state index contributed by atoms with van der Waals surface area (Å²) in [6, 6.07) is 11.5. The molecule has 1 atom stereocenters. The summed E-state index contributed by atoms with van der Waals surface area (Å²) in [6.07, 6.45) is 0. The molecule has 0 aliphatic carbocycles. The highest BCUT2D eigenvalue weighted by molar-refractivity contribution is 8.00. The van der Waals surface area contributed by atoms with Gasteiger partial charge in [0, 0.05) is 11.3 Å². The van der Waals surface area contributed by atoms with Crippen LogP contribution in [0.15, 0.2) is 46.0 Å². The number of benzene rings is 2. The molecule has 0 radical (unpaired) electrons. The van der Waals surface area contributed by atoms with Crippen LogP contribution < -0.4 is 10.1 Å². The maximum absolute atomic E-state index is 12.6. The van der Waals surface area contributed by atoms with Crippen molar-refractivity contribution in [3.05, 3.63) is 53.1 Å². The summed E-state index contributed by atoms with van der Waals surface area (Å²) >= 11 is 1.23. The maximum atomic E-state index is 12.6. The SMILES string of the molecule is COc1ccc(-c2nnc(SC(C)C(=O)Nc3c(C)cc(C)cc3C)o2)cc1. The van der Waals surface area contributed by atoms with E-state index < -0.39 is 0 Å². The molecule has 146 valence electrons. The van der Waals surface area contributed by atoms with E-state index in [1.54, 1.807) is 7.11 Å². The number of hydrogen-bond donors (Lipinski definition) is 1. The molecule has 0 spiro atoms. The highest BCUT2D eigenvalue weighted by Gasteiger charge is 2.20. The zero-order valence-electron chi connectivity index (χ0n) is 16.6. The van der Waals surface area contributed by atoms with Gasteiger partial charge < -0.3 is 14.5 Å². The van der Waals surface area contributed by atoms with Gasteiger partial charge >= 0.3 is 0 Å². The number of carbonyl (C=O) groups excluding carboxylic acids is 1. The molecule has 6 nitrogen and oxygen atoms in total. The molecule has 28 heavy (non-hydrogen) atoms. The number of nitrogens with zero attached hydrogens (tertiary/aromatic N) is 2. The van der Waals surface area contributed by atoms with Crippen LogP contribution in [0.4, 0.5) is 5.69 Å². The van der Waals surface area contributed by atoms with Crippen LogP contribution in [-0.4, -0.2) is 28.5 Å². The molecule has 1 aromatic heterocycles. The first-order valence-corrected chi connectivity index (χ1v) is 9.78. The summed E-state index contributed by atoms with van der Waals surface area (Å²) in [6.45, 7) is 7.84. The predicted molar refractivity (Wildman–Crippen MR) is 111 cm³/mol. The average molecular weight is 398 g/mol. The molecule has 2 aromatic carbocycles. The first-order valence-electron chi connectivity index (χ1n) is 8.90. The minimum atomic E-state index is -0.385. The zero-order valence-corrected chi connectivity index (χ0v) is 17.4. The lowest BCUT2D eigenvalue weighted by atomic mass is 10.1. The van der Waals surface area contributed by atoms with Crippen molar-refractivity contribution in [1.29, 1.82) is 0 Å². The summed E-state index contributed by atoms with van der Waals surface area (Å²) in [4.78, 5) is 12.6. The fourth-order valence-corrected chi connectivity index (χ4v) is 3.60. The summed E-state index contributed by atoms with van der Waals surface area (Å²) in [5.74, 6) is 1.05. The number of carbonyl (C=O) groups is 1. The van der Waals surface area contributed by atoms with Crippen molar-refractivity contribution in [2.45, 2.75) is 38.2 Å². The van der Waals surface area contributed by atoms with Crippen LogP contribution in [-0.2, 0) is 4.79 Å². The Morgan fingerprint density at radius 2 is 1.75 bits per heavy atom. The van der Waals surface area contributed by atoms with E-state index in [9.17, 15) is 4.79 Å². The van der Waals surface area contributed by atoms with Gasteiger partial charge in [0.25, 0.3) is 5.22 Å². The minimum Gasteiger partial charge on any atom is -0.497 e. The average Bonchev–Trinajstić information content (AvgIpc) is 3.13. The van der Waals surface area contributed by atoms with Gasteiger partial charge in [-0.25, -0.2) is 0 Å². The van der Waals surface area contributed by atoms with Gasteiger partial charge in [-0.3, -0.25) is 4.79 Å². The van der Waals surface area contributed by atoms with E-state index in [1.807, 2.05) is 52.0 Å². The Labute approximate surface area is 168 Å². The molecule has 1 N–H and O–H groups in total. The van der Waals surface area contributed by atoms with Gasteiger partial charge in [-0.2, -0.15) is 0 Å². The van der Waals surface area contributed by atoms with Gasteiger partial charge in [0.05, 0.1) is 12.4 Å². The summed E-state index contributed by atoms with van der Waals surface area (Å²) in [5, 5.41) is 11.1. The Bertz CT molecular complexity index is 960. The number of anilines is 1. The van der Waals surface area contributed by atoms with Gasteiger partial charge in [-0.15, -0.1) is 10.2 Å². The molecule has 1 unspecified atom stereocenters.